The summed E-state index contributed by atoms with van der Waals surface area (Å²) in [6, 6.07) is 27.0. The van der Waals surface area contributed by atoms with Crippen molar-refractivity contribution in [2.75, 3.05) is 6.54 Å². The highest BCUT2D eigenvalue weighted by atomic mass is 35.5. The number of benzene rings is 3. The molecule has 5 rings (SSSR count). The lowest BCUT2D eigenvalue weighted by Crippen LogP contribution is -2.41. The number of hydrogen-bond acceptors (Lipinski definition) is 4. The van der Waals surface area contributed by atoms with E-state index in [1.807, 2.05) is 12.1 Å². The van der Waals surface area contributed by atoms with Crippen molar-refractivity contribution >= 4 is 23.2 Å². The number of aromatic nitrogens is 3. The van der Waals surface area contributed by atoms with Crippen LogP contribution in [-0.2, 0) is 17.9 Å². The van der Waals surface area contributed by atoms with Gasteiger partial charge in [-0.05, 0) is 41.3 Å². The normalized spacial score (nSPS) is 18.6. The van der Waals surface area contributed by atoms with E-state index in [1.54, 1.807) is 12.4 Å². The van der Waals surface area contributed by atoms with E-state index < -0.39 is 0 Å². The van der Waals surface area contributed by atoms with Crippen LogP contribution in [0.2, 0.25) is 10.0 Å². The van der Waals surface area contributed by atoms with E-state index in [9.17, 15) is 0 Å². The summed E-state index contributed by atoms with van der Waals surface area (Å²) in [5.74, 6) is 0.993. The third-order valence-corrected chi connectivity index (χ3v) is 6.80. The summed E-state index contributed by atoms with van der Waals surface area (Å²) < 4.78 is 6.58. The molecular formula is C27H26Cl2N4O. The Kier molecular flexibility index (Phi) is 7.26. The Morgan fingerprint density at radius 3 is 2.18 bits per heavy atom. The van der Waals surface area contributed by atoms with Crippen LogP contribution in [0.25, 0.3) is 0 Å². The van der Waals surface area contributed by atoms with E-state index in [-0.39, 0.29) is 18.1 Å². The summed E-state index contributed by atoms with van der Waals surface area (Å²) >= 11 is 12.4. The number of ether oxygens (including phenoxy) is 1. The van der Waals surface area contributed by atoms with Gasteiger partial charge in [0, 0.05) is 28.5 Å². The molecule has 0 amide bonds. The van der Waals surface area contributed by atoms with E-state index in [4.69, 9.17) is 27.9 Å². The van der Waals surface area contributed by atoms with Gasteiger partial charge in [-0.1, -0.05) is 83.9 Å². The number of H-pyrrole nitrogens is 1. The number of aromatic amines is 1. The number of hydrogen-bond donors (Lipinski definition) is 1. The molecule has 1 saturated heterocycles. The van der Waals surface area contributed by atoms with Crippen molar-refractivity contribution in [1.29, 1.82) is 0 Å². The average Bonchev–Trinajstić information content (AvgIpc) is 3.50. The van der Waals surface area contributed by atoms with Crippen LogP contribution in [0.4, 0.5) is 0 Å². The minimum atomic E-state index is 0.0195. The second kappa shape index (κ2) is 10.7. The van der Waals surface area contributed by atoms with Gasteiger partial charge in [-0.25, -0.2) is 4.98 Å². The molecule has 2 unspecified atom stereocenters. The Bertz CT molecular complexity index is 1130. The second-order valence-electron chi connectivity index (χ2n) is 8.61. The largest absolute Gasteiger partial charge is 0.372 e. The van der Waals surface area contributed by atoms with Crippen molar-refractivity contribution < 1.29 is 4.74 Å². The smallest absolute Gasteiger partial charge is 0.138 e. The second-order valence-corrected chi connectivity index (χ2v) is 9.48. The van der Waals surface area contributed by atoms with Gasteiger partial charge in [0.1, 0.15) is 12.2 Å². The lowest BCUT2D eigenvalue weighted by molar-refractivity contribution is 0.00919. The van der Waals surface area contributed by atoms with Crippen molar-refractivity contribution in [2.24, 2.45) is 0 Å². The zero-order valence-electron chi connectivity index (χ0n) is 18.6. The van der Waals surface area contributed by atoms with Gasteiger partial charge in [0.25, 0.3) is 0 Å². The molecule has 5 nitrogen and oxygen atoms in total. The predicted octanol–water partition coefficient (Wildman–Crippen LogP) is 6.10. The maximum atomic E-state index is 6.58. The summed E-state index contributed by atoms with van der Waals surface area (Å²) in [4.78, 5) is 6.84. The Balaban J connectivity index is 1.48. The molecule has 34 heavy (non-hydrogen) atoms. The lowest BCUT2D eigenvalue weighted by Gasteiger charge is -2.35. The highest BCUT2D eigenvalue weighted by Gasteiger charge is 2.41. The Hall–Kier alpha value is -2.70. The summed E-state index contributed by atoms with van der Waals surface area (Å²) in [7, 11) is 0. The summed E-state index contributed by atoms with van der Waals surface area (Å²) in [6.07, 6.45) is 2.50. The van der Waals surface area contributed by atoms with Crippen molar-refractivity contribution in [1.82, 2.24) is 20.1 Å². The zero-order chi connectivity index (χ0) is 23.3. The molecule has 4 aromatic rings. The van der Waals surface area contributed by atoms with E-state index in [0.717, 1.165) is 24.4 Å². The van der Waals surface area contributed by atoms with Gasteiger partial charge in [0.2, 0.25) is 0 Å². The van der Waals surface area contributed by atoms with Gasteiger partial charge in [-0.3, -0.25) is 10.00 Å². The standard InChI is InChI=1S/C27H26Cl2N4O/c28-22-13-19(14-23(29)15-22)17-34-24-11-12-33(16-25-30-18-31-32-25)27(24)26(20-7-3-1-4-8-20)21-9-5-2-6-10-21/h1-10,13-15,18,24,26-27H,11-12,16-17H2,(H,30,31,32). The minimum absolute atomic E-state index is 0.0195. The van der Waals surface area contributed by atoms with E-state index in [2.05, 4.69) is 80.7 Å². The highest BCUT2D eigenvalue weighted by Crippen LogP contribution is 2.38. The van der Waals surface area contributed by atoms with Crippen molar-refractivity contribution in [3.63, 3.8) is 0 Å². The molecule has 2 heterocycles. The fraction of sp³-hybridized carbons (Fsp3) is 0.259. The van der Waals surface area contributed by atoms with E-state index in [1.165, 1.54) is 11.1 Å². The molecule has 1 aromatic heterocycles. The number of nitrogens with one attached hydrogen (secondary N) is 1. The maximum absolute atomic E-state index is 6.58. The first-order valence-corrected chi connectivity index (χ1v) is 12.2. The van der Waals surface area contributed by atoms with Gasteiger partial charge < -0.3 is 4.74 Å². The molecule has 1 N–H and O–H groups in total. The van der Waals surface area contributed by atoms with Crippen LogP contribution in [0.15, 0.2) is 85.2 Å². The SMILES string of the molecule is Clc1cc(Cl)cc(COC2CCN(Cc3ncn[nH]3)C2C(c2ccccc2)c2ccccc2)c1. The number of likely N-dealkylation sites (tertiary alicyclic amines) is 1. The van der Waals surface area contributed by atoms with Crippen LogP contribution in [0.5, 0.6) is 0 Å². The summed E-state index contributed by atoms with van der Waals surface area (Å²) in [5.41, 5.74) is 3.51. The zero-order valence-corrected chi connectivity index (χ0v) is 20.2. The topological polar surface area (TPSA) is 54.0 Å². The van der Waals surface area contributed by atoms with Crippen LogP contribution < -0.4 is 0 Å². The van der Waals surface area contributed by atoms with Crippen LogP contribution in [-0.4, -0.2) is 38.8 Å². The van der Waals surface area contributed by atoms with Crippen LogP contribution in [0, 0.1) is 0 Å². The molecule has 0 aliphatic carbocycles. The number of halogens is 2. The molecule has 0 radical (unpaired) electrons. The Morgan fingerprint density at radius 1 is 0.941 bits per heavy atom. The molecule has 1 fully saturated rings. The van der Waals surface area contributed by atoms with Crippen LogP contribution in [0.1, 0.15) is 34.9 Å². The number of rotatable bonds is 8. The minimum Gasteiger partial charge on any atom is -0.372 e. The first-order chi connectivity index (χ1) is 16.7. The third kappa shape index (κ3) is 5.34. The average molecular weight is 493 g/mol. The monoisotopic (exact) mass is 492 g/mol. The molecule has 174 valence electrons. The van der Waals surface area contributed by atoms with Gasteiger partial charge in [0.05, 0.1) is 19.3 Å². The molecule has 2 atom stereocenters. The van der Waals surface area contributed by atoms with Crippen molar-refractivity contribution in [3.8, 4) is 0 Å². The fourth-order valence-electron chi connectivity index (χ4n) is 4.94. The Morgan fingerprint density at radius 2 is 1.59 bits per heavy atom. The molecule has 0 spiro atoms. The first kappa shape index (κ1) is 23.1. The molecular weight excluding hydrogens is 467 g/mol. The van der Waals surface area contributed by atoms with E-state index in [0.29, 0.717) is 23.2 Å². The van der Waals surface area contributed by atoms with Gasteiger partial charge in [0.15, 0.2) is 0 Å². The fourth-order valence-corrected chi connectivity index (χ4v) is 5.52. The maximum Gasteiger partial charge on any atom is 0.138 e. The van der Waals surface area contributed by atoms with E-state index >= 15 is 0 Å². The van der Waals surface area contributed by atoms with Crippen molar-refractivity contribution in [3.05, 3.63) is 118 Å². The van der Waals surface area contributed by atoms with Gasteiger partial charge >= 0.3 is 0 Å². The molecule has 7 heteroatoms. The summed E-state index contributed by atoms with van der Waals surface area (Å²) in [5, 5.41) is 8.29. The predicted molar refractivity (Wildman–Crippen MR) is 135 cm³/mol. The van der Waals surface area contributed by atoms with Gasteiger partial charge in [-0.2, -0.15) is 5.10 Å². The van der Waals surface area contributed by atoms with Crippen LogP contribution >= 0.6 is 23.2 Å². The highest BCUT2D eigenvalue weighted by molar-refractivity contribution is 6.34. The molecule has 1 aliphatic heterocycles. The molecule has 1 aliphatic rings. The summed E-state index contributed by atoms with van der Waals surface area (Å²) in [6.45, 7) is 2.04. The lowest BCUT2D eigenvalue weighted by atomic mass is 9.82. The van der Waals surface area contributed by atoms with Gasteiger partial charge in [-0.15, -0.1) is 0 Å². The third-order valence-electron chi connectivity index (χ3n) is 6.37. The molecule has 3 aromatic carbocycles. The number of nitrogens with zero attached hydrogens (tertiary/aromatic N) is 3. The first-order valence-electron chi connectivity index (χ1n) is 11.4. The van der Waals surface area contributed by atoms with Crippen LogP contribution in [0.3, 0.4) is 0 Å². The van der Waals surface area contributed by atoms with Crippen molar-refractivity contribution in [2.45, 2.75) is 37.6 Å². The Labute approximate surface area is 209 Å². The molecule has 0 saturated carbocycles. The quantitative estimate of drug-likeness (QED) is 0.322. The molecule has 0 bridgehead atoms.